The fourth-order valence-electron chi connectivity index (χ4n) is 1.75. The average molecular weight is 302 g/mol. The third kappa shape index (κ3) is 7.67. The predicted octanol–water partition coefficient (Wildman–Crippen LogP) is 4.78. The number of carbonyl (C=O) groups is 1. The Labute approximate surface area is 133 Å². The van der Waals surface area contributed by atoms with Gasteiger partial charge in [-0.15, -0.1) is 0 Å². The second-order valence-corrected chi connectivity index (χ2v) is 5.23. The summed E-state index contributed by atoms with van der Waals surface area (Å²) in [5.74, 6) is 0.483. The molecule has 1 aromatic rings. The zero-order valence-corrected chi connectivity index (χ0v) is 13.6. The van der Waals surface area contributed by atoms with Crippen LogP contribution in [0.5, 0.6) is 5.75 Å². The molecule has 1 aromatic carbocycles. The molecule has 0 unspecified atom stereocenters. The second kappa shape index (κ2) is 10.7. The second-order valence-electron chi connectivity index (χ2n) is 5.23. The van der Waals surface area contributed by atoms with Crippen molar-refractivity contribution in [2.45, 2.75) is 39.5 Å². The third-order valence-electron chi connectivity index (χ3n) is 3.05. The normalized spacial score (nSPS) is 10.6. The van der Waals surface area contributed by atoms with Crippen LogP contribution in [-0.2, 0) is 9.53 Å². The SMILES string of the molecule is C=C(C)C(=O)OCCCOc1ccc(/C=C/CCCC)cc1. The summed E-state index contributed by atoms with van der Waals surface area (Å²) in [4.78, 5) is 11.2. The van der Waals surface area contributed by atoms with Gasteiger partial charge in [0.05, 0.1) is 13.2 Å². The van der Waals surface area contributed by atoms with Gasteiger partial charge in [-0.3, -0.25) is 0 Å². The first-order valence-electron chi connectivity index (χ1n) is 7.85. The number of hydrogen-bond acceptors (Lipinski definition) is 3. The maximum Gasteiger partial charge on any atom is 0.333 e. The van der Waals surface area contributed by atoms with E-state index in [2.05, 4.69) is 25.7 Å². The molecule has 0 fully saturated rings. The molecule has 0 aliphatic rings. The molecule has 120 valence electrons. The van der Waals surface area contributed by atoms with Crippen LogP contribution in [0.4, 0.5) is 0 Å². The Kier molecular flexibility index (Phi) is 8.73. The summed E-state index contributed by atoms with van der Waals surface area (Å²) >= 11 is 0. The molecule has 3 nitrogen and oxygen atoms in total. The number of ether oxygens (including phenoxy) is 2. The summed E-state index contributed by atoms with van der Waals surface area (Å²) in [6.07, 6.45) is 8.58. The monoisotopic (exact) mass is 302 g/mol. The molecule has 0 bridgehead atoms. The Bertz CT molecular complexity index is 486. The van der Waals surface area contributed by atoms with Gasteiger partial charge in [-0.25, -0.2) is 4.79 Å². The van der Waals surface area contributed by atoms with Gasteiger partial charge in [0.1, 0.15) is 5.75 Å². The summed E-state index contributed by atoms with van der Waals surface area (Å²) < 4.78 is 10.6. The van der Waals surface area contributed by atoms with E-state index in [0.717, 1.165) is 12.2 Å². The van der Waals surface area contributed by atoms with E-state index in [1.54, 1.807) is 6.92 Å². The quantitative estimate of drug-likeness (QED) is 0.354. The van der Waals surface area contributed by atoms with Crippen LogP contribution in [0, 0.1) is 0 Å². The van der Waals surface area contributed by atoms with Crippen molar-refractivity contribution in [2.24, 2.45) is 0 Å². The average Bonchev–Trinajstić information content (AvgIpc) is 2.52. The van der Waals surface area contributed by atoms with Crippen molar-refractivity contribution in [2.75, 3.05) is 13.2 Å². The Balaban J connectivity index is 2.23. The molecule has 0 spiro atoms. The summed E-state index contributed by atoms with van der Waals surface area (Å²) in [5, 5.41) is 0. The van der Waals surface area contributed by atoms with Crippen LogP contribution in [0.3, 0.4) is 0 Å². The van der Waals surface area contributed by atoms with Crippen molar-refractivity contribution in [3.05, 3.63) is 48.1 Å². The van der Waals surface area contributed by atoms with E-state index in [-0.39, 0.29) is 5.97 Å². The zero-order valence-electron chi connectivity index (χ0n) is 13.6. The summed E-state index contributed by atoms with van der Waals surface area (Å²) in [7, 11) is 0. The largest absolute Gasteiger partial charge is 0.493 e. The van der Waals surface area contributed by atoms with E-state index in [1.807, 2.05) is 24.3 Å². The van der Waals surface area contributed by atoms with Crippen molar-refractivity contribution in [3.8, 4) is 5.75 Å². The topological polar surface area (TPSA) is 35.5 Å². The number of unbranched alkanes of at least 4 members (excludes halogenated alkanes) is 2. The van der Waals surface area contributed by atoms with Crippen LogP contribution >= 0.6 is 0 Å². The van der Waals surface area contributed by atoms with E-state index in [4.69, 9.17) is 9.47 Å². The summed E-state index contributed by atoms with van der Waals surface area (Å²) in [6, 6.07) is 8.00. The molecule has 0 heterocycles. The highest BCUT2D eigenvalue weighted by atomic mass is 16.5. The smallest absolute Gasteiger partial charge is 0.333 e. The van der Waals surface area contributed by atoms with E-state index in [0.29, 0.717) is 25.2 Å². The van der Waals surface area contributed by atoms with Gasteiger partial charge >= 0.3 is 5.97 Å². The lowest BCUT2D eigenvalue weighted by Gasteiger charge is -2.07. The maximum atomic E-state index is 11.2. The molecule has 0 aliphatic heterocycles. The molecule has 0 radical (unpaired) electrons. The Hall–Kier alpha value is -2.03. The number of benzene rings is 1. The fourth-order valence-corrected chi connectivity index (χ4v) is 1.75. The molecule has 1 rings (SSSR count). The van der Waals surface area contributed by atoms with E-state index in [1.165, 1.54) is 18.4 Å². The number of allylic oxidation sites excluding steroid dienone is 1. The number of rotatable bonds is 10. The minimum absolute atomic E-state index is 0.348. The van der Waals surface area contributed by atoms with Crippen LogP contribution in [0.1, 0.15) is 45.1 Å². The van der Waals surface area contributed by atoms with Gasteiger partial charge in [-0.05, 0) is 31.0 Å². The van der Waals surface area contributed by atoms with E-state index >= 15 is 0 Å². The van der Waals surface area contributed by atoms with Gasteiger partial charge in [0.15, 0.2) is 0 Å². The molecular weight excluding hydrogens is 276 g/mol. The molecule has 0 atom stereocenters. The van der Waals surface area contributed by atoms with Crippen LogP contribution < -0.4 is 4.74 Å². The van der Waals surface area contributed by atoms with Gasteiger partial charge in [-0.1, -0.05) is 50.6 Å². The van der Waals surface area contributed by atoms with Crippen molar-refractivity contribution < 1.29 is 14.3 Å². The van der Waals surface area contributed by atoms with Crippen LogP contribution in [0.25, 0.3) is 6.08 Å². The molecule has 22 heavy (non-hydrogen) atoms. The fraction of sp³-hybridized carbons (Fsp3) is 0.421. The van der Waals surface area contributed by atoms with Gasteiger partial charge in [0.2, 0.25) is 0 Å². The molecule has 0 saturated heterocycles. The van der Waals surface area contributed by atoms with E-state index < -0.39 is 0 Å². The molecule has 0 saturated carbocycles. The van der Waals surface area contributed by atoms with Crippen LogP contribution in [-0.4, -0.2) is 19.2 Å². The maximum absolute atomic E-state index is 11.2. The van der Waals surface area contributed by atoms with Crippen molar-refractivity contribution >= 4 is 12.0 Å². The highest BCUT2D eigenvalue weighted by molar-refractivity contribution is 5.86. The molecule has 0 amide bonds. The van der Waals surface area contributed by atoms with Crippen LogP contribution in [0.2, 0.25) is 0 Å². The number of esters is 1. The Morgan fingerprint density at radius 3 is 2.55 bits per heavy atom. The summed E-state index contributed by atoms with van der Waals surface area (Å²) in [5.41, 5.74) is 1.60. The van der Waals surface area contributed by atoms with Crippen molar-refractivity contribution in [1.82, 2.24) is 0 Å². The van der Waals surface area contributed by atoms with Gasteiger partial charge in [-0.2, -0.15) is 0 Å². The lowest BCUT2D eigenvalue weighted by atomic mass is 10.1. The third-order valence-corrected chi connectivity index (χ3v) is 3.05. The standard InChI is InChI=1S/C19H26O3/c1-4-5-6-7-9-17-10-12-18(13-11-17)21-14-8-15-22-19(20)16(2)3/h7,9-13H,2,4-6,8,14-15H2,1,3H3/b9-7+. The molecule has 0 N–H and O–H groups in total. The van der Waals surface area contributed by atoms with E-state index in [9.17, 15) is 4.79 Å². The molecule has 0 aliphatic carbocycles. The summed E-state index contributed by atoms with van der Waals surface area (Å²) in [6.45, 7) is 8.23. The highest BCUT2D eigenvalue weighted by Crippen LogP contribution is 2.14. The van der Waals surface area contributed by atoms with Crippen LogP contribution in [0.15, 0.2) is 42.5 Å². The molecule has 3 heteroatoms. The zero-order chi connectivity index (χ0) is 16.2. The molecule has 0 aromatic heterocycles. The number of carbonyl (C=O) groups excluding carboxylic acids is 1. The Morgan fingerprint density at radius 2 is 1.91 bits per heavy atom. The first-order chi connectivity index (χ1) is 10.6. The van der Waals surface area contributed by atoms with Gasteiger partial charge in [0.25, 0.3) is 0 Å². The lowest BCUT2D eigenvalue weighted by Crippen LogP contribution is -2.09. The number of hydrogen-bond donors (Lipinski definition) is 0. The molecular formula is C19H26O3. The van der Waals surface area contributed by atoms with Crippen molar-refractivity contribution in [1.29, 1.82) is 0 Å². The predicted molar refractivity (Wildman–Crippen MR) is 90.9 cm³/mol. The minimum Gasteiger partial charge on any atom is -0.493 e. The van der Waals surface area contributed by atoms with Gasteiger partial charge in [0, 0.05) is 12.0 Å². The minimum atomic E-state index is -0.348. The highest BCUT2D eigenvalue weighted by Gasteiger charge is 2.02. The lowest BCUT2D eigenvalue weighted by molar-refractivity contribution is -0.139. The first-order valence-corrected chi connectivity index (χ1v) is 7.85. The Morgan fingerprint density at radius 1 is 1.18 bits per heavy atom. The first kappa shape index (κ1) is 18.0. The van der Waals surface area contributed by atoms with Gasteiger partial charge < -0.3 is 9.47 Å². The van der Waals surface area contributed by atoms with Crippen molar-refractivity contribution in [3.63, 3.8) is 0 Å².